The van der Waals surface area contributed by atoms with Gasteiger partial charge in [-0.3, -0.25) is 4.98 Å². The first-order valence-corrected chi connectivity index (χ1v) is 8.08. The third-order valence-corrected chi connectivity index (χ3v) is 4.44. The average molecular weight is 328 g/mol. The van der Waals surface area contributed by atoms with Crippen LogP contribution in [0.3, 0.4) is 0 Å². The molecule has 0 atom stereocenters. The van der Waals surface area contributed by atoms with Crippen LogP contribution in [-0.2, 0) is 0 Å². The third-order valence-electron chi connectivity index (χ3n) is 4.44. The summed E-state index contributed by atoms with van der Waals surface area (Å²) < 4.78 is 13.0. The fourth-order valence-electron chi connectivity index (χ4n) is 2.98. The number of urea groups is 1. The molecule has 1 aliphatic heterocycles. The highest BCUT2D eigenvalue weighted by molar-refractivity contribution is 5.89. The largest absolute Gasteiger partial charge is 0.371 e. The molecule has 0 bridgehead atoms. The molecule has 126 valence electrons. The van der Waals surface area contributed by atoms with Crippen LogP contribution in [0.4, 0.5) is 20.6 Å². The van der Waals surface area contributed by atoms with Gasteiger partial charge in [-0.2, -0.15) is 0 Å². The van der Waals surface area contributed by atoms with E-state index in [4.69, 9.17) is 0 Å². The summed E-state index contributed by atoms with van der Waals surface area (Å²) in [6.45, 7) is 1.70. The highest BCUT2D eigenvalue weighted by Gasteiger charge is 2.25. The predicted molar refractivity (Wildman–Crippen MR) is 92.7 cm³/mol. The van der Waals surface area contributed by atoms with E-state index in [0.29, 0.717) is 5.69 Å². The lowest BCUT2D eigenvalue weighted by Gasteiger charge is -2.37. The highest BCUT2D eigenvalue weighted by Crippen LogP contribution is 2.22. The summed E-state index contributed by atoms with van der Waals surface area (Å²) in [5, 5.41) is 2.86. The topological polar surface area (TPSA) is 48.5 Å². The fourth-order valence-corrected chi connectivity index (χ4v) is 2.98. The molecule has 5 nitrogen and oxygen atoms in total. The van der Waals surface area contributed by atoms with Crippen molar-refractivity contribution in [3.05, 3.63) is 54.6 Å². The van der Waals surface area contributed by atoms with Crippen molar-refractivity contribution in [1.29, 1.82) is 0 Å². The number of nitrogens with one attached hydrogen (secondary N) is 1. The molecule has 1 aromatic carbocycles. The maximum atomic E-state index is 13.0. The molecular formula is C18H21FN4O. The van der Waals surface area contributed by atoms with Gasteiger partial charge >= 0.3 is 6.03 Å². The van der Waals surface area contributed by atoms with Gasteiger partial charge in [0.05, 0.1) is 11.9 Å². The molecule has 24 heavy (non-hydrogen) atoms. The number of aromatic nitrogens is 1. The van der Waals surface area contributed by atoms with Gasteiger partial charge in [-0.05, 0) is 49.2 Å². The number of anilines is 2. The zero-order chi connectivity index (χ0) is 16.9. The summed E-state index contributed by atoms with van der Waals surface area (Å²) in [4.78, 5) is 20.3. The maximum absolute atomic E-state index is 13.0. The van der Waals surface area contributed by atoms with Gasteiger partial charge in [0, 0.05) is 38.1 Å². The smallest absolute Gasteiger partial charge is 0.321 e. The molecule has 2 amide bonds. The number of benzene rings is 1. The Morgan fingerprint density at radius 1 is 1.25 bits per heavy atom. The molecule has 6 heteroatoms. The number of nitrogens with zero attached hydrogens (tertiary/aromatic N) is 3. The number of carbonyl (C=O) groups is 1. The van der Waals surface area contributed by atoms with Crippen LogP contribution in [0.25, 0.3) is 0 Å². The van der Waals surface area contributed by atoms with Crippen molar-refractivity contribution in [2.24, 2.45) is 0 Å². The Balaban J connectivity index is 1.54. The molecule has 2 aromatic rings. The monoisotopic (exact) mass is 328 g/mol. The molecule has 1 saturated heterocycles. The van der Waals surface area contributed by atoms with E-state index in [0.717, 1.165) is 31.6 Å². The van der Waals surface area contributed by atoms with Crippen molar-refractivity contribution in [3.63, 3.8) is 0 Å². The number of amides is 2. The minimum absolute atomic E-state index is 0.122. The van der Waals surface area contributed by atoms with E-state index in [1.54, 1.807) is 35.5 Å². The highest BCUT2D eigenvalue weighted by atomic mass is 19.1. The van der Waals surface area contributed by atoms with E-state index in [-0.39, 0.29) is 17.9 Å². The van der Waals surface area contributed by atoms with E-state index in [1.807, 2.05) is 13.1 Å². The van der Waals surface area contributed by atoms with Crippen molar-refractivity contribution in [3.8, 4) is 0 Å². The van der Waals surface area contributed by atoms with Crippen molar-refractivity contribution in [1.82, 2.24) is 9.88 Å². The van der Waals surface area contributed by atoms with E-state index in [2.05, 4.69) is 15.2 Å². The zero-order valence-electron chi connectivity index (χ0n) is 13.7. The number of hydrogen-bond acceptors (Lipinski definition) is 3. The Morgan fingerprint density at radius 3 is 2.58 bits per heavy atom. The molecule has 1 aromatic heterocycles. The van der Waals surface area contributed by atoms with Gasteiger partial charge < -0.3 is 15.1 Å². The van der Waals surface area contributed by atoms with Crippen LogP contribution in [0, 0.1) is 5.82 Å². The lowest BCUT2D eigenvalue weighted by atomic mass is 10.0. The Bertz CT molecular complexity index is 669. The third kappa shape index (κ3) is 3.82. The quantitative estimate of drug-likeness (QED) is 0.940. The summed E-state index contributed by atoms with van der Waals surface area (Å²) >= 11 is 0. The van der Waals surface area contributed by atoms with E-state index >= 15 is 0 Å². The maximum Gasteiger partial charge on any atom is 0.321 e. The van der Waals surface area contributed by atoms with Crippen molar-refractivity contribution in [2.75, 3.05) is 30.4 Å². The van der Waals surface area contributed by atoms with Crippen molar-refractivity contribution in [2.45, 2.75) is 18.9 Å². The molecule has 1 aliphatic rings. The summed E-state index contributed by atoms with van der Waals surface area (Å²) in [5.41, 5.74) is 1.72. The lowest BCUT2D eigenvalue weighted by Crippen LogP contribution is -2.47. The molecule has 0 saturated carbocycles. The van der Waals surface area contributed by atoms with Crippen molar-refractivity contribution >= 4 is 17.4 Å². The number of piperidine rings is 1. The van der Waals surface area contributed by atoms with Gasteiger partial charge in [-0.15, -0.1) is 0 Å². The van der Waals surface area contributed by atoms with Gasteiger partial charge in [0.1, 0.15) is 5.82 Å². The van der Waals surface area contributed by atoms with Gasteiger partial charge in [0.2, 0.25) is 0 Å². The normalized spacial score (nSPS) is 15.2. The molecular weight excluding hydrogens is 307 g/mol. The van der Waals surface area contributed by atoms with Crippen LogP contribution in [-0.4, -0.2) is 42.1 Å². The molecule has 0 spiro atoms. The number of halogens is 1. The Labute approximate surface area is 141 Å². The number of hydrogen-bond donors (Lipinski definition) is 1. The lowest BCUT2D eigenvalue weighted by molar-refractivity contribution is 0.193. The Hall–Kier alpha value is -2.63. The van der Waals surface area contributed by atoms with Crippen LogP contribution in [0.2, 0.25) is 0 Å². The minimum atomic E-state index is -0.222. The first kappa shape index (κ1) is 16.2. The number of rotatable bonds is 3. The summed E-state index contributed by atoms with van der Waals surface area (Å²) in [6, 6.07) is 10.2. The molecule has 0 radical (unpaired) electrons. The summed E-state index contributed by atoms with van der Waals surface area (Å²) in [6.07, 6.45) is 5.07. The molecule has 1 fully saturated rings. The first-order valence-electron chi connectivity index (χ1n) is 8.08. The second kappa shape index (κ2) is 7.29. The SMILES string of the molecule is CN(C(=O)Nc1cccnc1)C1CCN(c2ccc(F)cc2)CC1. The zero-order valence-corrected chi connectivity index (χ0v) is 13.7. The second-order valence-corrected chi connectivity index (χ2v) is 5.98. The molecule has 0 unspecified atom stereocenters. The number of carbonyl (C=O) groups excluding carboxylic acids is 1. The molecule has 2 heterocycles. The van der Waals surface area contributed by atoms with Crippen LogP contribution >= 0.6 is 0 Å². The predicted octanol–water partition coefficient (Wildman–Crippen LogP) is 3.35. The molecule has 0 aliphatic carbocycles. The van der Waals surface area contributed by atoms with Crippen LogP contribution in [0.5, 0.6) is 0 Å². The minimum Gasteiger partial charge on any atom is -0.371 e. The van der Waals surface area contributed by atoms with E-state index < -0.39 is 0 Å². The number of pyridine rings is 1. The first-order chi connectivity index (χ1) is 11.6. The van der Waals surface area contributed by atoms with Crippen molar-refractivity contribution < 1.29 is 9.18 Å². The molecule has 1 N–H and O–H groups in total. The fraction of sp³-hybridized carbons (Fsp3) is 0.333. The molecule has 3 rings (SSSR count). The van der Waals surface area contributed by atoms with E-state index in [1.165, 1.54) is 12.1 Å². The van der Waals surface area contributed by atoms with Gasteiger partial charge in [-0.25, -0.2) is 9.18 Å². The van der Waals surface area contributed by atoms with Crippen LogP contribution in [0.1, 0.15) is 12.8 Å². The van der Waals surface area contributed by atoms with E-state index in [9.17, 15) is 9.18 Å². The standard InChI is InChI=1S/C18H21FN4O/c1-22(18(24)21-15-3-2-10-20-13-15)16-8-11-23(12-9-16)17-6-4-14(19)5-7-17/h2-7,10,13,16H,8-9,11-12H2,1H3,(H,21,24). The van der Waals surface area contributed by atoms with Gasteiger partial charge in [0.25, 0.3) is 0 Å². The Kier molecular flexibility index (Phi) is 4.93. The van der Waals surface area contributed by atoms with Crippen LogP contribution in [0.15, 0.2) is 48.8 Å². The Morgan fingerprint density at radius 2 is 1.96 bits per heavy atom. The van der Waals surface area contributed by atoms with Gasteiger partial charge in [-0.1, -0.05) is 0 Å². The van der Waals surface area contributed by atoms with Gasteiger partial charge in [0.15, 0.2) is 0 Å². The summed E-state index contributed by atoms with van der Waals surface area (Å²) in [5.74, 6) is -0.222. The average Bonchev–Trinajstić information content (AvgIpc) is 2.63. The van der Waals surface area contributed by atoms with Crippen LogP contribution < -0.4 is 10.2 Å². The summed E-state index contributed by atoms with van der Waals surface area (Å²) in [7, 11) is 1.82. The second-order valence-electron chi connectivity index (χ2n) is 5.98.